The monoisotopic (exact) mass is 252 g/mol. The maximum atomic E-state index is 13.6. The van der Waals surface area contributed by atoms with E-state index in [4.69, 9.17) is 10.8 Å². The summed E-state index contributed by atoms with van der Waals surface area (Å²) in [5, 5.41) is 9.12. The van der Waals surface area contributed by atoms with Crippen molar-refractivity contribution in [1.82, 2.24) is 4.90 Å². The Morgan fingerprint density at radius 1 is 1.56 bits per heavy atom. The van der Waals surface area contributed by atoms with Crippen LogP contribution < -0.4 is 5.73 Å². The first-order valence-electron chi connectivity index (χ1n) is 6.02. The number of hydrogen-bond donors (Lipinski definition) is 2. The van der Waals surface area contributed by atoms with Gasteiger partial charge in [-0.3, -0.25) is 4.79 Å². The van der Waals surface area contributed by atoms with Gasteiger partial charge in [-0.05, 0) is 24.5 Å². The third-order valence-corrected chi connectivity index (χ3v) is 3.44. The van der Waals surface area contributed by atoms with Gasteiger partial charge in [-0.1, -0.05) is 6.92 Å². The highest BCUT2D eigenvalue weighted by atomic mass is 19.1. The zero-order chi connectivity index (χ0) is 13.3. The quantitative estimate of drug-likeness (QED) is 0.792. The predicted octanol–water partition coefficient (Wildman–Crippen LogP) is 1.34. The molecule has 1 saturated heterocycles. The van der Waals surface area contributed by atoms with Gasteiger partial charge >= 0.3 is 0 Å². The number of nitrogens with zero attached hydrogens (tertiary/aromatic N) is 1. The van der Waals surface area contributed by atoms with E-state index in [0.29, 0.717) is 13.1 Å². The predicted molar refractivity (Wildman–Crippen MR) is 65.7 cm³/mol. The van der Waals surface area contributed by atoms with Crippen LogP contribution in [0.15, 0.2) is 18.2 Å². The molecule has 3 N–H and O–H groups in total. The van der Waals surface area contributed by atoms with Crippen molar-refractivity contribution in [1.29, 1.82) is 0 Å². The van der Waals surface area contributed by atoms with E-state index in [1.54, 1.807) is 4.90 Å². The summed E-state index contributed by atoms with van der Waals surface area (Å²) in [7, 11) is 0. The molecule has 1 fully saturated rings. The molecule has 5 heteroatoms. The number of phenolic OH excluding ortho intramolecular Hbond substituents is 1. The number of phenols is 1. The topological polar surface area (TPSA) is 66.6 Å². The number of rotatable bonds is 1. The van der Waals surface area contributed by atoms with Crippen molar-refractivity contribution in [2.75, 3.05) is 13.1 Å². The summed E-state index contributed by atoms with van der Waals surface area (Å²) in [4.78, 5) is 13.8. The number of piperidine rings is 1. The smallest absolute Gasteiger partial charge is 0.256 e. The van der Waals surface area contributed by atoms with Crippen LogP contribution in [0.1, 0.15) is 23.7 Å². The van der Waals surface area contributed by atoms with E-state index in [1.807, 2.05) is 6.92 Å². The molecule has 98 valence electrons. The molecule has 1 heterocycles. The van der Waals surface area contributed by atoms with E-state index in [-0.39, 0.29) is 29.2 Å². The largest absolute Gasteiger partial charge is 0.508 e. The van der Waals surface area contributed by atoms with Gasteiger partial charge in [0.15, 0.2) is 0 Å². The first-order chi connectivity index (χ1) is 8.49. The molecule has 0 bridgehead atoms. The lowest BCUT2D eigenvalue weighted by atomic mass is 9.94. The van der Waals surface area contributed by atoms with Crippen molar-refractivity contribution < 1.29 is 14.3 Å². The molecule has 1 amide bonds. The van der Waals surface area contributed by atoms with Gasteiger partial charge in [-0.25, -0.2) is 4.39 Å². The zero-order valence-corrected chi connectivity index (χ0v) is 10.3. The van der Waals surface area contributed by atoms with Crippen LogP contribution in [0.4, 0.5) is 4.39 Å². The molecule has 18 heavy (non-hydrogen) atoms. The minimum Gasteiger partial charge on any atom is -0.508 e. The van der Waals surface area contributed by atoms with Crippen LogP contribution in [0.2, 0.25) is 0 Å². The van der Waals surface area contributed by atoms with E-state index < -0.39 is 5.82 Å². The Morgan fingerprint density at radius 2 is 2.28 bits per heavy atom. The lowest BCUT2D eigenvalue weighted by Gasteiger charge is -2.35. The van der Waals surface area contributed by atoms with Gasteiger partial charge in [-0.15, -0.1) is 0 Å². The van der Waals surface area contributed by atoms with Crippen molar-refractivity contribution in [3.63, 3.8) is 0 Å². The van der Waals surface area contributed by atoms with Crippen molar-refractivity contribution in [2.45, 2.75) is 19.4 Å². The lowest BCUT2D eigenvalue weighted by molar-refractivity contribution is 0.0659. The first-order valence-corrected chi connectivity index (χ1v) is 6.02. The van der Waals surface area contributed by atoms with Gasteiger partial charge in [0.1, 0.15) is 11.6 Å². The highest BCUT2D eigenvalue weighted by Gasteiger charge is 2.28. The van der Waals surface area contributed by atoms with Crippen molar-refractivity contribution in [3.05, 3.63) is 29.6 Å². The van der Waals surface area contributed by atoms with E-state index in [0.717, 1.165) is 12.5 Å². The average Bonchev–Trinajstić information content (AvgIpc) is 2.32. The standard InChI is InChI=1S/C13H17FN2O2/c1-8-7-16(5-4-12(8)15)13(18)10-3-2-9(17)6-11(10)14/h2-3,6,8,12,17H,4-5,7,15H2,1H3. The summed E-state index contributed by atoms with van der Waals surface area (Å²) < 4.78 is 13.6. The number of likely N-dealkylation sites (tertiary alicyclic amines) is 1. The maximum Gasteiger partial charge on any atom is 0.256 e. The molecule has 1 aliphatic rings. The minimum absolute atomic E-state index is 0.00419. The Kier molecular flexibility index (Phi) is 3.52. The molecule has 2 rings (SSSR count). The maximum absolute atomic E-state index is 13.6. The van der Waals surface area contributed by atoms with E-state index in [9.17, 15) is 9.18 Å². The third kappa shape index (κ3) is 2.46. The molecule has 2 unspecified atom stereocenters. The van der Waals surface area contributed by atoms with Crippen molar-refractivity contribution >= 4 is 5.91 Å². The Balaban J connectivity index is 2.16. The molecule has 1 aromatic rings. The molecule has 0 aromatic heterocycles. The second kappa shape index (κ2) is 4.94. The Hall–Kier alpha value is -1.62. The fraction of sp³-hybridized carbons (Fsp3) is 0.462. The second-order valence-electron chi connectivity index (χ2n) is 4.85. The zero-order valence-electron chi connectivity index (χ0n) is 10.3. The summed E-state index contributed by atoms with van der Waals surface area (Å²) in [6, 6.07) is 3.67. The van der Waals surface area contributed by atoms with E-state index in [1.165, 1.54) is 12.1 Å². The first kappa shape index (κ1) is 12.8. The summed E-state index contributed by atoms with van der Waals surface area (Å²) >= 11 is 0. The number of halogens is 1. The van der Waals surface area contributed by atoms with Crippen LogP contribution in [0.25, 0.3) is 0 Å². The molecular formula is C13H17FN2O2. The van der Waals surface area contributed by atoms with E-state index >= 15 is 0 Å². The number of carbonyl (C=O) groups excluding carboxylic acids is 1. The van der Waals surface area contributed by atoms with Crippen LogP contribution in [-0.4, -0.2) is 35.0 Å². The summed E-state index contributed by atoms with van der Waals surface area (Å²) in [5.41, 5.74) is 5.88. The summed E-state index contributed by atoms with van der Waals surface area (Å²) in [6.45, 7) is 3.07. The summed E-state index contributed by atoms with van der Waals surface area (Å²) in [6.07, 6.45) is 0.729. The number of amides is 1. The van der Waals surface area contributed by atoms with Gasteiger partial charge in [0, 0.05) is 25.2 Å². The third-order valence-electron chi connectivity index (χ3n) is 3.44. The van der Waals surface area contributed by atoms with Gasteiger partial charge in [0.2, 0.25) is 0 Å². The lowest BCUT2D eigenvalue weighted by Crippen LogP contribution is -2.48. The number of hydrogen-bond acceptors (Lipinski definition) is 3. The molecular weight excluding hydrogens is 235 g/mol. The van der Waals surface area contributed by atoms with Crippen LogP contribution in [0.3, 0.4) is 0 Å². The van der Waals surface area contributed by atoms with E-state index in [2.05, 4.69) is 0 Å². The molecule has 0 spiro atoms. The molecule has 4 nitrogen and oxygen atoms in total. The Labute approximate surface area is 105 Å². The van der Waals surface area contributed by atoms with Crippen LogP contribution in [0.5, 0.6) is 5.75 Å². The molecule has 0 aliphatic carbocycles. The molecule has 2 atom stereocenters. The van der Waals surface area contributed by atoms with Crippen molar-refractivity contribution in [2.24, 2.45) is 11.7 Å². The molecule has 0 saturated carbocycles. The highest BCUT2D eigenvalue weighted by Crippen LogP contribution is 2.20. The molecule has 0 radical (unpaired) electrons. The SMILES string of the molecule is CC1CN(C(=O)c2ccc(O)cc2F)CCC1N. The number of aromatic hydroxyl groups is 1. The number of nitrogens with two attached hydrogens (primary N) is 1. The summed E-state index contributed by atoms with van der Waals surface area (Å²) in [5.74, 6) is -1.00. The van der Waals surface area contributed by atoms with Crippen LogP contribution in [-0.2, 0) is 0 Å². The fourth-order valence-corrected chi connectivity index (χ4v) is 2.20. The van der Waals surface area contributed by atoms with Gasteiger partial charge < -0.3 is 15.7 Å². The van der Waals surface area contributed by atoms with Gasteiger partial charge in [0.05, 0.1) is 5.56 Å². The van der Waals surface area contributed by atoms with Gasteiger partial charge in [0.25, 0.3) is 5.91 Å². The average molecular weight is 252 g/mol. The van der Waals surface area contributed by atoms with Crippen molar-refractivity contribution in [3.8, 4) is 5.75 Å². The Morgan fingerprint density at radius 3 is 2.89 bits per heavy atom. The van der Waals surface area contributed by atoms with Crippen LogP contribution >= 0.6 is 0 Å². The Bertz CT molecular complexity index is 464. The number of carbonyl (C=O) groups is 1. The fourth-order valence-electron chi connectivity index (χ4n) is 2.20. The minimum atomic E-state index is -0.692. The highest BCUT2D eigenvalue weighted by molar-refractivity contribution is 5.94. The van der Waals surface area contributed by atoms with Gasteiger partial charge in [-0.2, -0.15) is 0 Å². The normalized spacial score (nSPS) is 24.1. The second-order valence-corrected chi connectivity index (χ2v) is 4.85. The molecule has 1 aliphatic heterocycles. The van der Waals surface area contributed by atoms with Crippen LogP contribution in [0, 0.1) is 11.7 Å². The number of benzene rings is 1. The molecule has 1 aromatic carbocycles.